The number of carboxylic acids is 1. The highest BCUT2D eigenvalue weighted by atomic mass is 35.5. The molecule has 1 fully saturated rings. The summed E-state index contributed by atoms with van der Waals surface area (Å²) in [7, 11) is 0. The van der Waals surface area contributed by atoms with Crippen molar-refractivity contribution in [3.63, 3.8) is 0 Å². The normalized spacial score (nSPS) is 14.3. The molecule has 9 heteroatoms. The van der Waals surface area contributed by atoms with Gasteiger partial charge in [0.1, 0.15) is 12.2 Å². The van der Waals surface area contributed by atoms with E-state index in [9.17, 15) is 19.2 Å². The molecule has 0 bridgehead atoms. The van der Waals surface area contributed by atoms with Crippen LogP contribution in [0.3, 0.4) is 0 Å². The molecule has 170 valence electrons. The van der Waals surface area contributed by atoms with E-state index in [-0.39, 0.29) is 11.3 Å². The lowest BCUT2D eigenvalue weighted by molar-refractivity contribution is -0.127. The third kappa shape index (κ3) is 5.13. The Morgan fingerprint density at radius 2 is 1.68 bits per heavy atom. The van der Waals surface area contributed by atoms with Crippen molar-refractivity contribution in [3.05, 3.63) is 94.6 Å². The standard InChI is InChI=1S/C25H18ClN3O5/c26-19-8-10-20(11-9-19)27-22(30)14-29-23(31)21(28-25(29)34)13-15-2-1-3-18(12-15)16-4-6-17(7-5-16)24(32)33/h1-13H,14H2,(H,27,30)(H,28,34)(H,32,33)/b21-13-. The topological polar surface area (TPSA) is 116 Å². The molecule has 0 aromatic heterocycles. The number of benzene rings is 3. The molecule has 0 atom stereocenters. The summed E-state index contributed by atoms with van der Waals surface area (Å²) in [6.07, 6.45) is 1.52. The van der Waals surface area contributed by atoms with Gasteiger partial charge in [-0.25, -0.2) is 14.5 Å². The van der Waals surface area contributed by atoms with Gasteiger partial charge in [-0.1, -0.05) is 41.9 Å². The van der Waals surface area contributed by atoms with Crippen LogP contribution in [-0.2, 0) is 9.59 Å². The molecule has 3 aromatic carbocycles. The van der Waals surface area contributed by atoms with Gasteiger partial charge in [-0.05, 0) is 65.2 Å². The number of hydrogen-bond donors (Lipinski definition) is 3. The number of rotatable bonds is 6. The van der Waals surface area contributed by atoms with E-state index in [2.05, 4.69) is 10.6 Å². The molecule has 0 radical (unpaired) electrons. The molecule has 4 amide bonds. The number of nitrogens with one attached hydrogen (secondary N) is 2. The van der Waals surface area contributed by atoms with Gasteiger partial charge in [0.25, 0.3) is 5.91 Å². The summed E-state index contributed by atoms with van der Waals surface area (Å²) < 4.78 is 0. The molecule has 1 saturated heterocycles. The number of anilines is 1. The van der Waals surface area contributed by atoms with Crippen molar-refractivity contribution in [2.45, 2.75) is 0 Å². The van der Waals surface area contributed by atoms with Gasteiger partial charge in [0.2, 0.25) is 5.91 Å². The van der Waals surface area contributed by atoms with Gasteiger partial charge in [0, 0.05) is 10.7 Å². The number of urea groups is 1. The molecule has 4 rings (SSSR count). The van der Waals surface area contributed by atoms with Crippen LogP contribution >= 0.6 is 11.6 Å². The number of imide groups is 1. The Labute approximate surface area is 199 Å². The zero-order valence-corrected chi connectivity index (χ0v) is 18.4. The van der Waals surface area contributed by atoms with Crippen LogP contribution in [0, 0.1) is 0 Å². The van der Waals surface area contributed by atoms with Gasteiger partial charge in [-0.2, -0.15) is 0 Å². The average Bonchev–Trinajstić information content (AvgIpc) is 3.08. The molecule has 1 aliphatic rings. The second-order valence-electron chi connectivity index (χ2n) is 7.44. The maximum absolute atomic E-state index is 12.7. The summed E-state index contributed by atoms with van der Waals surface area (Å²) in [5, 5.41) is 14.7. The van der Waals surface area contributed by atoms with E-state index < -0.39 is 30.4 Å². The minimum Gasteiger partial charge on any atom is -0.478 e. The van der Waals surface area contributed by atoms with Crippen LogP contribution in [0.1, 0.15) is 15.9 Å². The number of hydrogen-bond acceptors (Lipinski definition) is 4. The third-order valence-corrected chi connectivity index (χ3v) is 5.31. The van der Waals surface area contributed by atoms with Crippen LogP contribution in [0.25, 0.3) is 17.2 Å². The number of amides is 4. The van der Waals surface area contributed by atoms with Crippen LogP contribution in [0.5, 0.6) is 0 Å². The van der Waals surface area contributed by atoms with Crippen LogP contribution in [0.15, 0.2) is 78.5 Å². The zero-order valence-electron chi connectivity index (χ0n) is 17.6. The lowest BCUT2D eigenvalue weighted by Gasteiger charge is -2.12. The predicted molar refractivity (Wildman–Crippen MR) is 127 cm³/mol. The van der Waals surface area contributed by atoms with Crippen molar-refractivity contribution < 1.29 is 24.3 Å². The van der Waals surface area contributed by atoms with Crippen molar-refractivity contribution in [3.8, 4) is 11.1 Å². The second kappa shape index (κ2) is 9.60. The van der Waals surface area contributed by atoms with E-state index in [4.69, 9.17) is 16.7 Å². The summed E-state index contributed by atoms with van der Waals surface area (Å²) in [5.41, 5.74) is 2.97. The molecule has 0 unspecified atom stereocenters. The molecular weight excluding hydrogens is 458 g/mol. The van der Waals surface area contributed by atoms with Gasteiger partial charge < -0.3 is 15.7 Å². The maximum atomic E-state index is 12.7. The van der Waals surface area contributed by atoms with Gasteiger partial charge >= 0.3 is 12.0 Å². The minimum absolute atomic E-state index is 0.0441. The molecule has 3 N–H and O–H groups in total. The fourth-order valence-electron chi connectivity index (χ4n) is 3.37. The Morgan fingerprint density at radius 3 is 2.35 bits per heavy atom. The molecular formula is C25H18ClN3O5. The summed E-state index contributed by atoms with van der Waals surface area (Å²) >= 11 is 5.82. The highest BCUT2D eigenvalue weighted by Gasteiger charge is 2.34. The second-order valence-corrected chi connectivity index (χ2v) is 7.88. The molecule has 3 aromatic rings. The highest BCUT2D eigenvalue weighted by Crippen LogP contribution is 2.23. The van der Waals surface area contributed by atoms with E-state index in [1.54, 1.807) is 54.6 Å². The number of aromatic carboxylic acids is 1. The van der Waals surface area contributed by atoms with Crippen LogP contribution in [0.2, 0.25) is 5.02 Å². The largest absolute Gasteiger partial charge is 0.478 e. The number of carbonyl (C=O) groups excluding carboxylic acids is 3. The first-order chi connectivity index (χ1) is 16.3. The van der Waals surface area contributed by atoms with Gasteiger partial charge in [-0.15, -0.1) is 0 Å². The zero-order chi connectivity index (χ0) is 24.2. The third-order valence-electron chi connectivity index (χ3n) is 5.05. The smallest absolute Gasteiger partial charge is 0.335 e. The Morgan fingerprint density at radius 1 is 0.971 bits per heavy atom. The van der Waals surface area contributed by atoms with Crippen molar-refractivity contribution in [2.24, 2.45) is 0 Å². The van der Waals surface area contributed by atoms with Gasteiger partial charge in [0.05, 0.1) is 5.56 Å². The molecule has 0 spiro atoms. The first-order valence-electron chi connectivity index (χ1n) is 10.1. The molecule has 1 heterocycles. The summed E-state index contributed by atoms with van der Waals surface area (Å²) in [6, 6.07) is 19.4. The Hall–Kier alpha value is -4.43. The van der Waals surface area contributed by atoms with E-state index in [0.717, 1.165) is 16.0 Å². The quantitative estimate of drug-likeness (QED) is 0.364. The number of nitrogens with zero attached hydrogens (tertiary/aromatic N) is 1. The fourth-order valence-corrected chi connectivity index (χ4v) is 3.50. The van der Waals surface area contributed by atoms with Crippen molar-refractivity contribution in [1.29, 1.82) is 0 Å². The predicted octanol–water partition coefficient (Wildman–Crippen LogP) is 4.24. The van der Waals surface area contributed by atoms with Gasteiger partial charge in [0.15, 0.2) is 0 Å². The highest BCUT2D eigenvalue weighted by molar-refractivity contribution is 6.30. The van der Waals surface area contributed by atoms with Crippen LogP contribution in [-0.4, -0.2) is 40.4 Å². The van der Waals surface area contributed by atoms with Gasteiger partial charge in [-0.3, -0.25) is 9.59 Å². The number of halogens is 1. The minimum atomic E-state index is -1.01. The summed E-state index contributed by atoms with van der Waals surface area (Å²) in [4.78, 5) is 49.2. The fraction of sp³-hybridized carbons (Fsp3) is 0.0400. The lowest BCUT2D eigenvalue weighted by atomic mass is 10.0. The molecule has 0 saturated carbocycles. The van der Waals surface area contributed by atoms with Crippen molar-refractivity contribution >= 4 is 47.2 Å². The monoisotopic (exact) mass is 475 g/mol. The van der Waals surface area contributed by atoms with E-state index in [1.807, 2.05) is 6.07 Å². The van der Waals surface area contributed by atoms with E-state index in [1.165, 1.54) is 18.2 Å². The molecule has 0 aliphatic carbocycles. The molecule has 34 heavy (non-hydrogen) atoms. The number of carboxylic acid groups (broad SMARTS) is 1. The summed E-state index contributed by atoms with van der Waals surface area (Å²) in [6.45, 7) is -0.444. The first kappa shape index (κ1) is 22.8. The molecule has 1 aliphatic heterocycles. The Bertz CT molecular complexity index is 1320. The van der Waals surface area contributed by atoms with Crippen molar-refractivity contribution in [1.82, 2.24) is 10.2 Å². The lowest BCUT2D eigenvalue weighted by Crippen LogP contribution is -2.38. The van der Waals surface area contributed by atoms with Crippen LogP contribution in [0.4, 0.5) is 10.5 Å². The Kier molecular flexibility index (Phi) is 6.42. The Balaban J connectivity index is 1.47. The first-order valence-corrected chi connectivity index (χ1v) is 10.5. The van der Waals surface area contributed by atoms with Crippen molar-refractivity contribution in [2.75, 3.05) is 11.9 Å². The average molecular weight is 476 g/mol. The number of carbonyl (C=O) groups is 4. The van der Waals surface area contributed by atoms with E-state index >= 15 is 0 Å². The molecule has 8 nitrogen and oxygen atoms in total. The van der Waals surface area contributed by atoms with E-state index in [0.29, 0.717) is 16.3 Å². The SMILES string of the molecule is O=C(CN1C(=O)N/C(=C\c2cccc(-c3ccc(C(=O)O)cc3)c2)C1=O)Nc1ccc(Cl)cc1. The maximum Gasteiger partial charge on any atom is 0.335 e. The summed E-state index contributed by atoms with van der Waals surface area (Å²) in [5.74, 6) is -2.15. The van der Waals surface area contributed by atoms with Crippen LogP contribution < -0.4 is 10.6 Å².